The van der Waals surface area contributed by atoms with Crippen LogP contribution in [0.3, 0.4) is 0 Å². The summed E-state index contributed by atoms with van der Waals surface area (Å²) < 4.78 is 29.0. The Morgan fingerprint density at radius 1 is 1.07 bits per heavy atom. The second-order valence-corrected chi connectivity index (χ2v) is 9.98. The monoisotopic (exact) mass is 425 g/mol. The number of carboxylic acids is 1. The predicted molar refractivity (Wildman–Crippen MR) is 112 cm³/mol. The van der Waals surface area contributed by atoms with Crippen LogP contribution in [0.4, 0.5) is 0 Å². The van der Waals surface area contributed by atoms with E-state index in [1.807, 2.05) is 0 Å². The van der Waals surface area contributed by atoms with Gasteiger partial charge in [-0.25, -0.2) is 18.2 Å². The summed E-state index contributed by atoms with van der Waals surface area (Å²) in [6, 6.07) is 13.0. The normalized spacial score (nSPS) is 24.7. The minimum atomic E-state index is -3.71. The van der Waals surface area contributed by atoms with Crippen molar-refractivity contribution >= 4 is 27.0 Å². The van der Waals surface area contributed by atoms with E-state index in [1.165, 1.54) is 6.07 Å². The van der Waals surface area contributed by atoms with Gasteiger partial charge in [0.1, 0.15) is 11.3 Å². The molecule has 0 radical (unpaired) electrons. The van der Waals surface area contributed by atoms with Crippen molar-refractivity contribution < 1.29 is 18.3 Å². The van der Waals surface area contributed by atoms with Gasteiger partial charge in [-0.1, -0.05) is 37.1 Å². The van der Waals surface area contributed by atoms with Gasteiger partial charge in [0.2, 0.25) is 10.0 Å². The highest BCUT2D eigenvalue weighted by molar-refractivity contribution is 7.89. The predicted octanol–water partition coefficient (Wildman–Crippen LogP) is 3.96. The minimum Gasteiger partial charge on any atom is -0.478 e. The lowest BCUT2D eigenvalue weighted by Crippen LogP contribution is -2.40. The number of nitrogens with one attached hydrogen (secondary N) is 1. The number of para-hydroxylation sites is 1. The van der Waals surface area contributed by atoms with Crippen molar-refractivity contribution in [2.24, 2.45) is 5.92 Å². The standard InChI is InChI=1S/C22H23N3O4S/c26-22(27)16-10-6-11-17-20(16)24-21(23-17)19-13-14-7-4-5-12-18(14)25(19)30(28,29)15-8-2-1-3-9-15/h1-3,6,8-11,14,18-19H,4-5,7,12-13H2,(H,23,24)(H,26,27)/t14-,18+,19+/m1/s1. The molecule has 1 saturated heterocycles. The van der Waals surface area contributed by atoms with Gasteiger partial charge in [-0.3, -0.25) is 0 Å². The number of imidazole rings is 1. The number of H-pyrrole nitrogens is 1. The van der Waals surface area contributed by atoms with Crippen LogP contribution >= 0.6 is 0 Å². The lowest BCUT2D eigenvalue weighted by Gasteiger charge is -2.32. The lowest BCUT2D eigenvalue weighted by molar-refractivity contribution is 0.0699. The third-order valence-electron chi connectivity index (χ3n) is 6.42. The lowest BCUT2D eigenvalue weighted by atomic mass is 9.85. The van der Waals surface area contributed by atoms with Gasteiger partial charge >= 0.3 is 5.97 Å². The van der Waals surface area contributed by atoms with Crippen LogP contribution in [0.15, 0.2) is 53.4 Å². The van der Waals surface area contributed by atoms with Gasteiger partial charge < -0.3 is 10.1 Å². The van der Waals surface area contributed by atoms with Gasteiger partial charge in [0.05, 0.1) is 22.0 Å². The van der Waals surface area contributed by atoms with E-state index in [1.54, 1.807) is 46.8 Å². The van der Waals surface area contributed by atoms with Gasteiger partial charge in [0.25, 0.3) is 0 Å². The molecule has 2 aliphatic rings. The Morgan fingerprint density at radius 2 is 1.83 bits per heavy atom. The molecular formula is C22H23N3O4S. The molecule has 2 N–H and O–H groups in total. The first kappa shape index (κ1) is 19.3. The summed E-state index contributed by atoms with van der Waals surface area (Å²) in [5.41, 5.74) is 1.09. The molecule has 2 heterocycles. The number of carboxylic acid groups (broad SMARTS) is 1. The first-order valence-electron chi connectivity index (χ1n) is 10.3. The zero-order valence-corrected chi connectivity index (χ0v) is 17.2. The molecule has 2 fully saturated rings. The Bertz CT molecular complexity index is 1210. The van der Waals surface area contributed by atoms with E-state index in [0.29, 0.717) is 23.3 Å². The van der Waals surface area contributed by atoms with E-state index in [9.17, 15) is 18.3 Å². The van der Waals surface area contributed by atoms with Crippen LogP contribution in [0, 0.1) is 5.92 Å². The average molecular weight is 426 g/mol. The van der Waals surface area contributed by atoms with Crippen molar-refractivity contribution in [2.75, 3.05) is 0 Å². The number of carbonyl (C=O) groups is 1. The molecule has 1 aliphatic heterocycles. The second-order valence-electron chi connectivity index (χ2n) is 8.14. The molecule has 0 bridgehead atoms. The Morgan fingerprint density at radius 3 is 2.60 bits per heavy atom. The summed E-state index contributed by atoms with van der Waals surface area (Å²) in [5, 5.41) is 9.50. The number of aromatic carboxylic acids is 1. The number of hydrogen-bond donors (Lipinski definition) is 2. The van der Waals surface area contributed by atoms with E-state index >= 15 is 0 Å². The highest BCUT2D eigenvalue weighted by atomic mass is 32.2. The molecule has 0 spiro atoms. The van der Waals surface area contributed by atoms with Crippen molar-refractivity contribution in [2.45, 2.75) is 49.1 Å². The molecule has 156 valence electrons. The average Bonchev–Trinajstić information content (AvgIpc) is 3.35. The van der Waals surface area contributed by atoms with Gasteiger partial charge in [0, 0.05) is 6.04 Å². The van der Waals surface area contributed by atoms with Gasteiger partial charge in [-0.2, -0.15) is 4.31 Å². The number of sulfonamides is 1. The van der Waals surface area contributed by atoms with Crippen LogP contribution < -0.4 is 0 Å². The first-order valence-corrected chi connectivity index (χ1v) is 11.7. The highest BCUT2D eigenvalue weighted by Gasteiger charge is 2.49. The van der Waals surface area contributed by atoms with Crippen LogP contribution in [0.25, 0.3) is 11.0 Å². The fourth-order valence-corrected chi connectivity index (χ4v) is 6.99. The maximum Gasteiger partial charge on any atom is 0.337 e. The number of fused-ring (bicyclic) bond motifs is 2. The van der Waals surface area contributed by atoms with Crippen LogP contribution in [-0.2, 0) is 10.0 Å². The van der Waals surface area contributed by atoms with Crippen LogP contribution in [-0.4, -0.2) is 39.8 Å². The van der Waals surface area contributed by atoms with Crippen molar-refractivity contribution in [3.63, 3.8) is 0 Å². The van der Waals surface area contributed by atoms with Crippen LogP contribution in [0.1, 0.15) is 54.3 Å². The summed E-state index contributed by atoms with van der Waals surface area (Å²) in [4.78, 5) is 19.7. The van der Waals surface area contributed by atoms with Crippen molar-refractivity contribution in [3.8, 4) is 0 Å². The fourth-order valence-electron chi connectivity index (χ4n) is 5.09. The highest BCUT2D eigenvalue weighted by Crippen LogP contribution is 2.48. The summed E-state index contributed by atoms with van der Waals surface area (Å²) in [6.45, 7) is 0. The van der Waals surface area contributed by atoms with Crippen LogP contribution in [0.2, 0.25) is 0 Å². The maximum absolute atomic E-state index is 13.7. The number of rotatable bonds is 4. The van der Waals surface area contributed by atoms with E-state index in [2.05, 4.69) is 9.97 Å². The number of hydrogen-bond acceptors (Lipinski definition) is 4. The Labute approximate surface area is 174 Å². The van der Waals surface area contributed by atoms with Crippen molar-refractivity contribution in [1.82, 2.24) is 14.3 Å². The smallest absolute Gasteiger partial charge is 0.337 e. The molecule has 7 nitrogen and oxygen atoms in total. The van der Waals surface area contributed by atoms with E-state index in [4.69, 9.17) is 0 Å². The third kappa shape index (κ3) is 3.02. The summed E-state index contributed by atoms with van der Waals surface area (Å²) in [7, 11) is -3.71. The van der Waals surface area contributed by atoms with Crippen LogP contribution in [0.5, 0.6) is 0 Å². The Hall–Kier alpha value is -2.71. The van der Waals surface area contributed by atoms with E-state index < -0.39 is 22.0 Å². The molecule has 30 heavy (non-hydrogen) atoms. The third-order valence-corrected chi connectivity index (χ3v) is 8.37. The fraction of sp³-hybridized carbons (Fsp3) is 0.364. The summed E-state index contributed by atoms with van der Waals surface area (Å²) in [5.74, 6) is -0.241. The quantitative estimate of drug-likeness (QED) is 0.659. The number of aromatic amines is 1. The minimum absolute atomic E-state index is 0.0545. The zero-order valence-electron chi connectivity index (χ0n) is 16.4. The second kappa shape index (κ2) is 7.21. The molecule has 0 amide bonds. The molecule has 3 aromatic rings. The number of aromatic nitrogens is 2. The zero-order chi connectivity index (χ0) is 20.9. The SMILES string of the molecule is O=C(O)c1cccc2[nH]c([C@@H]3C[C@H]4CCCC[C@@H]4N3S(=O)(=O)c3ccccc3)nc12. The molecular weight excluding hydrogens is 402 g/mol. The molecule has 8 heteroatoms. The van der Waals surface area contributed by atoms with E-state index in [0.717, 1.165) is 25.7 Å². The molecule has 2 aromatic carbocycles. The summed E-state index contributed by atoms with van der Waals surface area (Å²) >= 11 is 0. The number of nitrogens with zero attached hydrogens (tertiary/aromatic N) is 2. The Kier molecular flexibility index (Phi) is 4.63. The molecule has 1 aromatic heterocycles. The largest absolute Gasteiger partial charge is 0.478 e. The maximum atomic E-state index is 13.7. The molecule has 3 atom stereocenters. The number of benzene rings is 2. The first-order chi connectivity index (χ1) is 14.5. The van der Waals surface area contributed by atoms with Gasteiger partial charge in [-0.05, 0) is 49.4 Å². The topological polar surface area (TPSA) is 103 Å². The van der Waals surface area contributed by atoms with Gasteiger partial charge in [-0.15, -0.1) is 0 Å². The summed E-state index contributed by atoms with van der Waals surface area (Å²) in [6.07, 6.45) is 4.66. The molecule has 0 unspecified atom stereocenters. The molecule has 5 rings (SSSR count). The molecule has 1 saturated carbocycles. The van der Waals surface area contributed by atoms with Gasteiger partial charge in [0.15, 0.2) is 0 Å². The van der Waals surface area contributed by atoms with E-state index in [-0.39, 0.29) is 22.4 Å². The Balaban J connectivity index is 1.63. The van der Waals surface area contributed by atoms with Crippen molar-refractivity contribution in [1.29, 1.82) is 0 Å². The van der Waals surface area contributed by atoms with Crippen molar-refractivity contribution in [3.05, 3.63) is 59.9 Å². The molecule has 1 aliphatic carbocycles.